The predicted molar refractivity (Wildman–Crippen MR) is 205 cm³/mol. The first-order valence-electron chi connectivity index (χ1n) is 19.5. The molecule has 2 aromatic rings. The number of hydrogen-bond donors (Lipinski definition) is 5. The van der Waals surface area contributed by atoms with Crippen molar-refractivity contribution < 1.29 is 43.3 Å². The summed E-state index contributed by atoms with van der Waals surface area (Å²) in [7, 11) is -9.55. The third-order valence-corrected chi connectivity index (χ3v) is 13.3. The van der Waals surface area contributed by atoms with E-state index in [9.17, 15) is 24.2 Å². The first-order valence-corrected chi connectivity index (χ1v) is 23.5. The number of aliphatic hydroxyl groups excluding tert-OH is 2. The summed E-state index contributed by atoms with van der Waals surface area (Å²) in [5, 5.41) is 21.6. The molecule has 0 bridgehead atoms. The quantitative estimate of drug-likeness (QED) is 0.0301. The molecule has 5 atom stereocenters. The molecule has 0 aromatic carbocycles. The zero-order valence-corrected chi connectivity index (χ0v) is 33.8. The molecule has 2 unspecified atom stereocenters. The van der Waals surface area contributed by atoms with Crippen LogP contribution in [0, 0.1) is 0 Å². The molecule has 3 heterocycles. The van der Waals surface area contributed by atoms with Gasteiger partial charge in [-0.3, -0.25) is 13.7 Å². The fourth-order valence-electron chi connectivity index (χ4n) is 6.75. The van der Waals surface area contributed by atoms with Gasteiger partial charge in [0.1, 0.15) is 18.3 Å². The van der Waals surface area contributed by atoms with Gasteiger partial charge in [-0.05, 0) is 24.4 Å². The zero-order chi connectivity index (χ0) is 38.0. The van der Waals surface area contributed by atoms with Crippen molar-refractivity contribution >= 4 is 43.8 Å². The minimum absolute atomic E-state index is 0.00743. The zero-order valence-electron chi connectivity index (χ0n) is 31.2. The number of ether oxygens (including phenoxy) is 1. The number of aromatic nitrogens is 4. The average Bonchev–Trinajstić information content (AvgIpc) is 3.62. The van der Waals surface area contributed by atoms with Crippen molar-refractivity contribution in [2.24, 2.45) is 0 Å². The fraction of sp³-hybridized carbons (Fsp3) is 0.857. The van der Waals surface area contributed by atoms with Crippen LogP contribution in [-0.4, -0.2) is 88.3 Å². The molecule has 1 aliphatic heterocycles. The minimum Gasteiger partial charge on any atom is -0.387 e. The summed E-state index contributed by atoms with van der Waals surface area (Å²) in [5.41, 5.74) is 0.758. The summed E-state index contributed by atoms with van der Waals surface area (Å²) in [4.78, 5) is 43.8. The van der Waals surface area contributed by atoms with Crippen LogP contribution in [0.4, 0.5) is 5.82 Å². The minimum atomic E-state index is -4.84. The number of rotatable bonds is 29. The van der Waals surface area contributed by atoms with Gasteiger partial charge in [-0.1, -0.05) is 129 Å². The maximum Gasteiger partial charge on any atom is 0.340 e. The van der Waals surface area contributed by atoms with Gasteiger partial charge >= 0.3 is 15.2 Å². The molecule has 14 nitrogen and oxygen atoms in total. The highest BCUT2D eigenvalue weighted by Crippen LogP contribution is 2.55. The van der Waals surface area contributed by atoms with E-state index in [1.807, 2.05) is 0 Å². The second-order valence-corrected chi connectivity index (χ2v) is 18.6. The highest BCUT2D eigenvalue weighted by atomic mass is 35.5. The first-order chi connectivity index (χ1) is 24.9. The van der Waals surface area contributed by atoms with Crippen molar-refractivity contribution in [3.05, 3.63) is 11.6 Å². The number of hydrogen-bond acceptors (Lipinski definition) is 10. The van der Waals surface area contributed by atoms with Crippen molar-refractivity contribution in [3.8, 4) is 0 Å². The van der Waals surface area contributed by atoms with Crippen LogP contribution >= 0.6 is 26.8 Å². The summed E-state index contributed by atoms with van der Waals surface area (Å²) < 4.78 is 35.5. The van der Waals surface area contributed by atoms with Crippen molar-refractivity contribution in [3.63, 3.8) is 0 Å². The molecule has 0 aliphatic carbocycles. The topological polar surface area (TPSA) is 201 Å². The van der Waals surface area contributed by atoms with E-state index in [1.54, 1.807) is 0 Å². The Balaban J connectivity index is 1.67. The Morgan fingerprint density at radius 2 is 1.25 bits per heavy atom. The van der Waals surface area contributed by atoms with Crippen LogP contribution < -0.4 is 4.90 Å². The molecule has 3 rings (SSSR count). The third-order valence-electron chi connectivity index (χ3n) is 9.65. The largest absolute Gasteiger partial charge is 0.387 e. The molecular formula is C35H64ClN5O9P2. The number of halogens is 1. The number of unbranched alkanes of at least 4 members (excludes halogenated alkanes) is 18. The Morgan fingerprint density at radius 3 is 1.73 bits per heavy atom. The molecule has 300 valence electrons. The Bertz CT molecular complexity index is 1380. The van der Waals surface area contributed by atoms with E-state index < -0.39 is 52.2 Å². The van der Waals surface area contributed by atoms with Gasteiger partial charge in [0.05, 0.1) is 12.9 Å². The Labute approximate surface area is 314 Å². The molecule has 2 aromatic heterocycles. The number of nitrogens with zero attached hydrogens (tertiary/aromatic N) is 5. The third kappa shape index (κ3) is 15.9. The second-order valence-electron chi connectivity index (χ2n) is 14.3. The van der Waals surface area contributed by atoms with Crippen molar-refractivity contribution in [1.29, 1.82) is 0 Å². The van der Waals surface area contributed by atoms with Crippen LogP contribution in [0.25, 0.3) is 11.2 Å². The number of aliphatic hydroxyl groups is 2. The molecule has 1 aliphatic rings. The number of imidazole rings is 1. The van der Waals surface area contributed by atoms with E-state index in [2.05, 4.69) is 33.7 Å². The standard InChI is InChI=1S/C35H64ClN5O9P2/c1-3-5-7-9-11-13-15-17-19-21-23-40(24-22-20-18-16-14-12-10-8-6-4-2)32-29-33(39-35(36)38-32)41(26-37-29)34-31(43)30(42)28(50-34)25-49-52(47,48)27-51(44,45)46/h26,28,30-31,34,42-43H,3-25,27H2,1-2H3,(H,47,48)(H2,44,45,46)/t28-,30?,31+,34-/m1/s1. The van der Waals surface area contributed by atoms with E-state index in [1.165, 1.54) is 114 Å². The van der Waals surface area contributed by atoms with Gasteiger partial charge in [0.2, 0.25) is 5.28 Å². The Hall–Kier alpha value is -1.18. The first kappa shape index (κ1) is 45.2. The summed E-state index contributed by atoms with van der Waals surface area (Å²) in [6.45, 7) is 5.34. The van der Waals surface area contributed by atoms with Crippen molar-refractivity contribution in [1.82, 2.24) is 19.5 Å². The Morgan fingerprint density at radius 1 is 0.769 bits per heavy atom. The number of anilines is 1. The Kier molecular flexibility index (Phi) is 20.6. The number of fused-ring (bicyclic) bond motifs is 1. The molecule has 17 heteroatoms. The molecule has 1 saturated heterocycles. The molecule has 1 fully saturated rings. The van der Waals surface area contributed by atoms with Gasteiger partial charge < -0.3 is 39.1 Å². The second kappa shape index (κ2) is 23.7. The van der Waals surface area contributed by atoms with E-state index >= 15 is 0 Å². The van der Waals surface area contributed by atoms with Gasteiger partial charge in [-0.2, -0.15) is 9.97 Å². The average molecular weight is 796 g/mol. The summed E-state index contributed by atoms with van der Waals surface area (Å²) in [6.07, 6.45) is 20.5. The molecule has 0 spiro atoms. The fourth-order valence-corrected chi connectivity index (χ4v) is 9.48. The van der Waals surface area contributed by atoms with Gasteiger partial charge in [-0.15, -0.1) is 0 Å². The highest BCUT2D eigenvalue weighted by molar-refractivity contribution is 7.70. The van der Waals surface area contributed by atoms with Crippen LogP contribution in [-0.2, 0) is 18.4 Å². The van der Waals surface area contributed by atoms with E-state index in [4.69, 9.17) is 30.6 Å². The van der Waals surface area contributed by atoms with E-state index in [0.29, 0.717) is 17.0 Å². The lowest BCUT2D eigenvalue weighted by atomic mass is 10.1. The molecule has 0 radical (unpaired) electrons. The van der Waals surface area contributed by atoms with E-state index in [-0.39, 0.29) is 5.28 Å². The van der Waals surface area contributed by atoms with Crippen LogP contribution in [0.15, 0.2) is 6.33 Å². The van der Waals surface area contributed by atoms with Gasteiger partial charge in [0.25, 0.3) is 0 Å². The summed E-state index contributed by atoms with van der Waals surface area (Å²) in [5.74, 6) is -0.791. The molecule has 0 amide bonds. The lowest BCUT2D eigenvalue weighted by Gasteiger charge is -2.24. The van der Waals surface area contributed by atoms with Crippen LogP contribution in [0.2, 0.25) is 5.28 Å². The lowest BCUT2D eigenvalue weighted by molar-refractivity contribution is -0.0483. The molecule has 5 N–H and O–H groups in total. The highest BCUT2D eigenvalue weighted by Gasteiger charge is 2.46. The maximum atomic E-state index is 12.2. The van der Waals surface area contributed by atoms with Crippen molar-refractivity contribution in [2.75, 3.05) is 30.5 Å². The SMILES string of the molecule is CCCCCCCCCCCCN(CCCCCCCCCCCC)c1nc(Cl)nc2c1ncn2[C@@H]1O[C@H](COP(=O)(O)CP(=O)(O)O)C(O)[C@@H]1O. The summed E-state index contributed by atoms with van der Waals surface area (Å²) >= 11 is 6.49. The van der Waals surface area contributed by atoms with Crippen LogP contribution in [0.5, 0.6) is 0 Å². The smallest absolute Gasteiger partial charge is 0.340 e. The van der Waals surface area contributed by atoms with E-state index in [0.717, 1.165) is 38.8 Å². The molecular weight excluding hydrogens is 732 g/mol. The normalized spacial score (nSPS) is 20.5. The van der Waals surface area contributed by atoms with Crippen LogP contribution in [0.1, 0.15) is 148 Å². The maximum absolute atomic E-state index is 12.2. The van der Waals surface area contributed by atoms with Gasteiger partial charge in [-0.25, -0.2) is 4.98 Å². The predicted octanol–water partition coefficient (Wildman–Crippen LogP) is 8.08. The molecule has 52 heavy (non-hydrogen) atoms. The van der Waals surface area contributed by atoms with Crippen LogP contribution in [0.3, 0.4) is 0 Å². The summed E-state index contributed by atoms with van der Waals surface area (Å²) in [6, 6.07) is 0. The van der Waals surface area contributed by atoms with Crippen molar-refractivity contribution in [2.45, 2.75) is 167 Å². The molecule has 0 saturated carbocycles. The monoisotopic (exact) mass is 795 g/mol. The lowest BCUT2D eigenvalue weighted by Crippen LogP contribution is -2.33. The van der Waals surface area contributed by atoms with Gasteiger partial charge in [0.15, 0.2) is 29.1 Å². The van der Waals surface area contributed by atoms with Gasteiger partial charge in [0, 0.05) is 13.1 Å².